The summed E-state index contributed by atoms with van der Waals surface area (Å²) >= 11 is 5.61. The summed E-state index contributed by atoms with van der Waals surface area (Å²) in [6.07, 6.45) is 17.6. The van der Waals surface area contributed by atoms with Crippen LogP contribution in [0, 0.1) is 0 Å². The first-order valence-corrected chi connectivity index (χ1v) is 9.99. The number of ether oxygens (including phenoxy) is 1. The van der Waals surface area contributed by atoms with E-state index in [9.17, 15) is 4.79 Å². The molecule has 0 spiro atoms. The van der Waals surface area contributed by atoms with Crippen LogP contribution in [-0.4, -0.2) is 18.0 Å². The van der Waals surface area contributed by atoms with E-state index in [4.69, 9.17) is 16.3 Å². The first kappa shape index (κ1) is 21.8. The van der Waals surface area contributed by atoms with Crippen molar-refractivity contribution in [2.75, 3.05) is 5.88 Å². The van der Waals surface area contributed by atoms with E-state index in [1.165, 1.54) is 70.6 Å². The van der Waals surface area contributed by atoms with Crippen LogP contribution in [0.1, 0.15) is 104 Å². The van der Waals surface area contributed by atoms with E-state index >= 15 is 0 Å². The molecule has 0 saturated heterocycles. The summed E-state index contributed by atoms with van der Waals surface area (Å²) in [4.78, 5) is 11.4. The van der Waals surface area contributed by atoms with Crippen molar-refractivity contribution in [2.24, 2.45) is 0 Å². The Labute approximate surface area is 143 Å². The molecule has 0 aromatic heterocycles. The highest BCUT2D eigenvalue weighted by molar-refractivity contribution is 6.18. The molecule has 1 unspecified atom stereocenters. The molecule has 0 aromatic carbocycles. The first-order valence-electron chi connectivity index (χ1n) is 9.46. The Balaban J connectivity index is 3.12. The molecule has 2 nitrogen and oxygen atoms in total. The number of hydrogen-bond donors (Lipinski definition) is 0. The summed E-state index contributed by atoms with van der Waals surface area (Å²) in [6.45, 7) is 4.10. The molecule has 132 valence electrons. The maximum Gasteiger partial charge on any atom is 0.306 e. The minimum atomic E-state index is -0.156. The van der Waals surface area contributed by atoms with E-state index in [0.29, 0.717) is 12.3 Å². The van der Waals surface area contributed by atoms with Gasteiger partial charge in [-0.05, 0) is 13.3 Å². The molecule has 0 aliphatic rings. The van der Waals surface area contributed by atoms with Crippen molar-refractivity contribution in [3.63, 3.8) is 0 Å². The van der Waals surface area contributed by atoms with Gasteiger partial charge in [-0.3, -0.25) is 4.79 Å². The fraction of sp³-hybridized carbons (Fsp3) is 0.947. The molecule has 22 heavy (non-hydrogen) atoms. The van der Waals surface area contributed by atoms with E-state index < -0.39 is 0 Å². The third-order valence-electron chi connectivity index (χ3n) is 4.03. The third kappa shape index (κ3) is 16.1. The highest BCUT2D eigenvalue weighted by Gasteiger charge is 2.07. The molecule has 0 saturated carbocycles. The minimum Gasteiger partial charge on any atom is -0.461 e. The Hall–Kier alpha value is -0.240. The zero-order valence-electron chi connectivity index (χ0n) is 14.9. The van der Waals surface area contributed by atoms with Gasteiger partial charge in [-0.1, -0.05) is 84.0 Å². The van der Waals surface area contributed by atoms with Crippen LogP contribution in [0.25, 0.3) is 0 Å². The molecule has 0 rings (SSSR count). The van der Waals surface area contributed by atoms with Crippen molar-refractivity contribution >= 4 is 17.6 Å². The van der Waals surface area contributed by atoms with Gasteiger partial charge in [0.15, 0.2) is 0 Å². The average molecular weight is 333 g/mol. The quantitative estimate of drug-likeness (QED) is 0.180. The van der Waals surface area contributed by atoms with Crippen LogP contribution in [0.3, 0.4) is 0 Å². The fourth-order valence-corrected chi connectivity index (χ4v) is 2.66. The van der Waals surface area contributed by atoms with Gasteiger partial charge >= 0.3 is 5.97 Å². The summed E-state index contributed by atoms with van der Waals surface area (Å²) in [5.41, 5.74) is 0. The third-order valence-corrected chi connectivity index (χ3v) is 4.47. The zero-order chi connectivity index (χ0) is 16.5. The van der Waals surface area contributed by atoms with Gasteiger partial charge in [0.25, 0.3) is 0 Å². The molecule has 0 fully saturated rings. The summed E-state index contributed by atoms with van der Waals surface area (Å²) in [7, 11) is 0. The smallest absolute Gasteiger partial charge is 0.306 e. The Bertz CT molecular complexity index is 244. The van der Waals surface area contributed by atoms with Crippen LogP contribution < -0.4 is 0 Å². The Morgan fingerprint density at radius 1 is 0.818 bits per heavy atom. The van der Waals surface area contributed by atoms with Gasteiger partial charge in [-0.25, -0.2) is 0 Å². The molecule has 0 radical (unpaired) electrons. The van der Waals surface area contributed by atoms with Gasteiger partial charge in [-0.15, -0.1) is 11.6 Å². The van der Waals surface area contributed by atoms with E-state index in [1.54, 1.807) is 0 Å². The normalized spacial score (nSPS) is 12.3. The molecule has 0 aromatic rings. The molecule has 0 N–H and O–H groups in total. The Morgan fingerprint density at radius 2 is 1.23 bits per heavy atom. The predicted octanol–water partition coefficient (Wildman–Crippen LogP) is 6.64. The molecular weight excluding hydrogens is 296 g/mol. The standard InChI is InChI=1S/C19H37ClO2/c1-3-4-5-6-7-8-9-10-11-12-13-14-15-16-19(21)22-18(2)17-20/h18H,3-17H2,1-2H3. The van der Waals surface area contributed by atoms with Crippen LogP contribution in [-0.2, 0) is 9.53 Å². The molecule has 0 amide bonds. The van der Waals surface area contributed by atoms with E-state index in [1.807, 2.05) is 6.92 Å². The summed E-state index contributed by atoms with van der Waals surface area (Å²) in [6, 6.07) is 0. The number of esters is 1. The second-order valence-electron chi connectivity index (χ2n) is 6.45. The zero-order valence-corrected chi connectivity index (χ0v) is 15.6. The van der Waals surface area contributed by atoms with Gasteiger partial charge in [0.2, 0.25) is 0 Å². The van der Waals surface area contributed by atoms with E-state index in [-0.39, 0.29) is 12.1 Å². The molecule has 0 aliphatic heterocycles. The molecule has 1 atom stereocenters. The van der Waals surface area contributed by atoms with Crippen molar-refractivity contribution in [3.05, 3.63) is 0 Å². The molecule has 0 bridgehead atoms. The van der Waals surface area contributed by atoms with Crippen LogP contribution in [0.4, 0.5) is 0 Å². The van der Waals surface area contributed by atoms with Crippen LogP contribution >= 0.6 is 11.6 Å². The van der Waals surface area contributed by atoms with Gasteiger partial charge in [0.05, 0.1) is 5.88 Å². The second-order valence-corrected chi connectivity index (χ2v) is 6.76. The lowest BCUT2D eigenvalue weighted by Gasteiger charge is -2.09. The molecule has 3 heteroatoms. The number of hydrogen-bond acceptors (Lipinski definition) is 2. The molecular formula is C19H37ClO2. The highest BCUT2D eigenvalue weighted by Crippen LogP contribution is 2.13. The minimum absolute atomic E-state index is 0.101. The number of unbranched alkanes of at least 4 members (excludes halogenated alkanes) is 12. The maximum absolute atomic E-state index is 11.4. The molecule has 0 aliphatic carbocycles. The van der Waals surface area contributed by atoms with E-state index in [0.717, 1.165) is 12.8 Å². The molecule has 0 heterocycles. The van der Waals surface area contributed by atoms with Crippen molar-refractivity contribution in [3.8, 4) is 0 Å². The SMILES string of the molecule is CCCCCCCCCCCCCCCC(=O)OC(C)CCl. The summed E-state index contributed by atoms with van der Waals surface area (Å²) in [5, 5.41) is 0. The summed E-state index contributed by atoms with van der Waals surface area (Å²) in [5.74, 6) is 0.279. The lowest BCUT2D eigenvalue weighted by Crippen LogP contribution is -2.15. The number of rotatable bonds is 16. The number of carbonyl (C=O) groups is 1. The highest BCUT2D eigenvalue weighted by atomic mass is 35.5. The van der Waals surface area contributed by atoms with Crippen LogP contribution in [0.15, 0.2) is 0 Å². The topological polar surface area (TPSA) is 26.3 Å². The first-order chi connectivity index (χ1) is 10.7. The van der Waals surface area contributed by atoms with Crippen LogP contribution in [0.5, 0.6) is 0 Å². The van der Waals surface area contributed by atoms with Gasteiger partial charge < -0.3 is 4.74 Å². The Kier molecular flexibility index (Phi) is 16.9. The van der Waals surface area contributed by atoms with Crippen molar-refractivity contribution in [1.29, 1.82) is 0 Å². The monoisotopic (exact) mass is 332 g/mol. The lowest BCUT2D eigenvalue weighted by molar-refractivity contribution is -0.147. The summed E-state index contributed by atoms with van der Waals surface area (Å²) < 4.78 is 5.14. The van der Waals surface area contributed by atoms with Crippen LogP contribution in [0.2, 0.25) is 0 Å². The van der Waals surface area contributed by atoms with Crippen molar-refractivity contribution in [1.82, 2.24) is 0 Å². The fourth-order valence-electron chi connectivity index (χ4n) is 2.60. The maximum atomic E-state index is 11.4. The average Bonchev–Trinajstić information content (AvgIpc) is 2.51. The van der Waals surface area contributed by atoms with Crippen molar-refractivity contribution < 1.29 is 9.53 Å². The predicted molar refractivity (Wildman–Crippen MR) is 96.6 cm³/mol. The van der Waals surface area contributed by atoms with Gasteiger partial charge in [0, 0.05) is 6.42 Å². The van der Waals surface area contributed by atoms with Gasteiger partial charge in [-0.2, -0.15) is 0 Å². The second kappa shape index (κ2) is 17.1. The number of carbonyl (C=O) groups excluding carboxylic acids is 1. The largest absolute Gasteiger partial charge is 0.461 e. The van der Waals surface area contributed by atoms with Crippen molar-refractivity contribution in [2.45, 2.75) is 110 Å². The lowest BCUT2D eigenvalue weighted by atomic mass is 10.0. The number of halogens is 1. The number of alkyl halides is 1. The van der Waals surface area contributed by atoms with Gasteiger partial charge in [0.1, 0.15) is 6.10 Å². The van der Waals surface area contributed by atoms with E-state index in [2.05, 4.69) is 6.92 Å². The Morgan fingerprint density at radius 3 is 1.64 bits per heavy atom.